The largest absolute Gasteiger partial charge is 0.508 e. The summed E-state index contributed by atoms with van der Waals surface area (Å²) in [7, 11) is -3.07. The van der Waals surface area contributed by atoms with E-state index in [4.69, 9.17) is 0 Å². The first-order chi connectivity index (χ1) is 14.4. The van der Waals surface area contributed by atoms with Crippen LogP contribution in [0.4, 0.5) is 11.4 Å². The number of anilines is 2. The molecule has 3 aromatic carbocycles. The number of benzene rings is 3. The molecule has 156 valence electrons. The lowest BCUT2D eigenvalue weighted by Gasteiger charge is -2.23. The molecule has 1 amide bonds. The molecule has 6 nitrogen and oxygen atoms in total. The zero-order valence-corrected chi connectivity index (χ0v) is 17.7. The van der Waals surface area contributed by atoms with Crippen LogP contribution in [0.2, 0.25) is 0 Å². The molecule has 1 unspecified atom stereocenters. The highest BCUT2D eigenvalue weighted by Gasteiger charge is 2.22. The molecule has 0 aromatic heterocycles. The molecule has 0 spiro atoms. The smallest absolute Gasteiger partial charge is 0.254 e. The number of phenolic OH excluding ortho intramolecular Hbond substituents is 1. The van der Waals surface area contributed by atoms with Gasteiger partial charge in [0.05, 0.1) is 23.0 Å². The Morgan fingerprint density at radius 2 is 1.70 bits per heavy atom. The molecule has 7 heteroatoms. The topological polar surface area (TPSA) is 86.7 Å². The Kier molecular flexibility index (Phi) is 6.74. The molecule has 0 radical (unpaired) electrons. The number of aryl methyl sites for hydroxylation is 1. The van der Waals surface area contributed by atoms with Gasteiger partial charge in [-0.15, -0.1) is 0 Å². The normalized spacial score (nSPS) is 11.8. The molecule has 2 N–H and O–H groups in total. The van der Waals surface area contributed by atoms with Crippen molar-refractivity contribution >= 4 is 28.2 Å². The summed E-state index contributed by atoms with van der Waals surface area (Å²) in [5.74, 6) is -0.591. The lowest BCUT2D eigenvalue weighted by Crippen LogP contribution is -2.30. The van der Waals surface area contributed by atoms with Crippen molar-refractivity contribution in [2.24, 2.45) is 0 Å². The van der Waals surface area contributed by atoms with E-state index in [-0.39, 0.29) is 23.0 Å². The third kappa shape index (κ3) is 4.80. The van der Waals surface area contributed by atoms with E-state index in [1.54, 1.807) is 24.3 Å². The van der Waals surface area contributed by atoms with Gasteiger partial charge in [0.25, 0.3) is 5.91 Å². The van der Waals surface area contributed by atoms with E-state index >= 15 is 0 Å². The van der Waals surface area contributed by atoms with E-state index in [1.807, 2.05) is 44.2 Å². The van der Waals surface area contributed by atoms with Gasteiger partial charge >= 0.3 is 0 Å². The first-order valence-corrected chi connectivity index (χ1v) is 10.7. The van der Waals surface area contributed by atoms with E-state index in [1.165, 1.54) is 18.2 Å². The molecule has 3 rings (SSSR count). The van der Waals surface area contributed by atoms with Crippen molar-refractivity contribution in [1.29, 1.82) is 0 Å². The van der Waals surface area contributed by atoms with Crippen molar-refractivity contribution < 1.29 is 18.3 Å². The SMILES string of the molecule is CCC(NC(=O)c1cc(O)ccc1N(c1ccc(C)cc1)[SH](=O)=O)c1ccccc1. The second kappa shape index (κ2) is 9.45. The van der Waals surface area contributed by atoms with Crippen LogP contribution in [0, 0.1) is 6.92 Å². The van der Waals surface area contributed by atoms with Crippen LogP contribution in [-0.2, 0) is 10.9 Å². The van der Waals surface area contributed by atoms with E-state index in [9.17, 15) is 18.3 Å². The van der Waals surface area contributed by atoms with Crippen molar-refractivity contribution in [3.05, 3.63) is 89.5 Å². The van der Waals surface area contributed by atoms with Crippen LogP contribution in [0.1, 0.15) is 40.9 Å². The van der Waals surface area contributed by atoms with Gasteiger partial charge in [0.15, 0.2) is 0 Å². The number of hydrogen-bond acceptors (Lipinski definition) is 4. The van der Waals surface area contributed by atoms with Crippen molar-refractivity contribution in [2.75, 3.05) is 4.31 Å². The van der Waals surface area contributed by atoms with Crippen LogP contribution in [0.3, 0.4) is 0 Å². The molecular weight excluding hydrogens is 400 g/mol. The number of nitrogens with one attached hydrogen (secondary N) is 1. The van der Waals surface area contributed by atoms with Crippen LogP contribution in [0.15, 0.2) is 72.8 Å². The van der Waals surface area contributed by atoms with Crippen LogP contribution < -0.4 is 9.62 Å². The second-order valence-electron chi connectivity index (χ2n) is 6.93. The Labute approximate surface area is 177 Å². The number of carbonyl (C=O) groups is 1. The van der Waals surface area contributed by atoms with Crippen LogP contribution in [0.25, 0.3) is 0 Å². The van der Waals surface area contributed by atoms with Crippen molar-refractivity contribution in [3.63, 3.8) is 0 Å². The average Bonchev–Trinajstić information content (AvgIpc) is 2.74. The maximum Gasteiger partial charge on any atom is 0.254 e. The number of nitrogens with zero attached hydrogens (tertiary/aromatic N) is 1. The Balaban J connectivity index is 2.01. The highest BCUT2D eigenvalue weighted by Crippen LogP contribution is 2.32. The number of phenols is 1. The summed E-state index contributed by atoms with van der Waals surface area (Å²) in [6.45, 7) is 3.85. The monoisotopic (exact) mass is 424 g/mol. The van der Waals surface area contributed by atoms with Crippen LogP contribution in [-0.4, -0.2) is 19.4 Å². The summed E-state index contributed by atoms with van der Waals surface area (Å²) in [6, 6.07) is 20.3. The third-order valence-corrected chi connectivity index (χ3v) is 5.58. The molecule has 0 fully saturated rings. The Morgan fingerprint density at radius 3 is 2.30 bits per heavy atom. The van der Waals surface area contributed by atoms with Gasteiger partial charge in [0, 0.05) is 0 Å². The molecule has 0 aliphatic carbocycles. The van der Waals surface area contributed by atoms with Gasteiger partial charge in [-0.2, -0.15) is 0 Å². The fraction of sp³-hybridized carbons (Fsp3) is 0.174. The van der Waals surface area contributed by atoms with E-state index < -0.39 is 16.8 Å². The number of hydrogen-bond donors (Lipinski definition) is 3. The fourth-order valence-electron chi connectivity index (χ4n) is 3.24. The molecule has 0 heterocycles. The Morgan fingerprint density at radius 1 is 1.03 bits per heavy atom. The number of rotatable bonds is 7. The summed E-state index contributed by atoms with van der Waals surface area (Å²) < 4.78 is 25.3. The molecule has 3 aromatic rings. The molecule has 0 aliphatic heterocycles. The van der Waals surface area contributed by atoms with Gasteiger partial charge in [-0.3, -0.25) is 4.79 Å². The molecule has 1 atom stereocenters. The zero-order chi connectivity index (χ0) is 21.7. The minimum absolute atomic E-state index is 0.0733. The van der Waals surface area contributed by atoms with Gasteiger partial charge in [-0.25, -0.2) is 12.7 Å². The lowest BCUT2D eigenvalue weighted by molar-refractivity contribution is 0.0936. The highest BCUT2D eigenvalue weighted by atomic mass is 32.2. The van der Waals surface area contributed by atoms with Crippen LogP contribution >= 0.6 is 0 Å². The van der Waals surface area contributed by atoms with Gasteiger partial charge in [0.1, 0.15) is 5.75 Å². The van der Waals surface area contributed by atoms with Gasteiger partial charge < -0.3 is 10.4 Å². The maximum absolute atomic E-state index is 13.1. The zero-order valence-electron chi connectivity index (χ0n) is 16.8. The standard InChI is InChI=1S/C23H24N2O4S/c1-3-21(17-7-5-4-6-8-17)24-23(27)20-15-19(26)13-14-22(20)25(30(28)29)18-11-9-16(2)10-12-18/h4-15,21,26,30H,3H2,1-2H3,(H,24,27). The van der Waals surface area contributed by atoms with Gasteiger partial charge in [-0.1, -0.05) is 55.0 Å². The number of aromatic hydroxyl groups is 1. The van der Waals surface area contributed by atoms with Gasteiger partial charge in [0.2, 0.25) is 10.9 Å². The summed E-state index contributed by atoms with van der Waals surface area (Å²) in [5, 5.41) is 12.9. The van der Waals surface area contributed by atoms with E-state index in [0.29, 0.717) is 12.1 Å². The van der Waals surface area contributed by atoms with Crippen molar-refractivity contribution in [3.8, 4) is 5.75 Å². The van der Waals surface area contributed by atoms with E-state index in [0.717, 1.165) is 15.4 Å². The maximum atomic E-state index is 13.1. The number of amides is 1. The molecule has 0 bridgehead atoms. The predicted molar refractivity (Wildman–Crippen MR) is 119 cm³/mol. The Bertz CT molecular complexity index is 1090. The van der Waals surface area contributed by atoms with Gasteiger partial charge in [-0.05, 0) is 49.2 Å². The number of carbonyl (C=O) groups excluding carboxylic acids is 1. The summed E-state index contributed by atoms with van der Waals surface area (Å²) in [4.78, 5) is 13.1. The molecule has 0 saturated heterocycles. The van der Waals surface area contributed by atoms with E-state index in [2.05, 4.69) is 5.32 Å². The first kappa shape index (κ1) is 21.4. The molecular formula is C23H24N2O4S. The molecule has 30 heavy (non-hydrogen) atoms. The van der Waals surface area contributed by atoms with Crippen LogP contribution in [0.5, 0.6) is 5.75 Å². The second-order valence-corrected chi connectivity index (χ2v) is 7.81. The minimum atomic E-state index is -3.07. The average molecular weight is 425 g/mol. The number of thiol groups is 1. The molecule has 0 aliphatic rings. The third-order valence-electron chi connectivity index (χ3n) is 4.81. The van der Waals surface area contributed by atoms with Crippen molar-refractivity contribution in [1.82, 2.24) is 5.32 Å². The lowest BCUT2D eigenvalue weighted by atomic mass is 10.0. The summed E-state index contributed by atoms with van der Waals surface area (Å²) >= 11 is 0. The highest BCUT2D eigenvalue weighted by molar-refractivity contribution is 7.74. The first-order valence-electron chi connectivity index (χ1n) is 9.60. The fourth-order valence-corrected chi connectivity index (χ4v) is 3.91. The predicted octanol–water partition coefficient (Wildman–Crippen LogP) is 4.25. The quantitative estimate of drug-likeness (QED) is 0.495. The summed E-state index contributed by atoms with van der Waals surface area (Å²) in [6.07, 6.45) is 0.654. The van der Waals surface area contributed by atoms with Crippen molar-refractivity contribution in [2.45, 2.75) is 26.3 Å². The summed E-state index contributed by atoms with van der Waals surface area (Å²) in [5.41, 5.74) is 2.58. The molecule has 0 saturated carbocycles. The Hall–Kier alpha value is -3.32. The minimum Gasteiger partial charge on any atom is -0.508 e.